The van der Waals surface area contributed by atoms with Gasteiger partial charge in [-0.2, -0.15) is 0 Å². The molecule has 1 aliphatic heterocycles. The third kappa shape index (κ3) is 3.88. The third-order valence-corrected chi connectivity index (χ3v) is 4.04. The molecule has 6 heteroatoms. The monoisotopic (exact) mass is 326 g/mol. The van der Waals surface area contributed by atoms with Crippen LogP contribution in [0.15, 0.2) is 24.5 Å². The number of rotatable bonds is 3. The maximum atomic E-state index is 12.3. The van der Waals surface area contributed by atoms with E-state index in [0.717, 1.165) is 42.3 Å². The Morgan fingerprint density at radius 2 is 2.04 bits per heavy atom. The first kappa shape index (κ1) is 16.4. The molecule has 126 valence electrons. The molecule has 24 heavy (non-hydrogen) atoms. The fourth-order valence-electron chi connectivity index (χ4n) is 2.99. The Morgan fingerprint density at radius 3 is 2.79 bits per heavy atom. The van der Waals surface area contributed by atoms with E-state index in [1.807, 2.05) is 26.8 Å². The van der Waals surface area contributed by atoms with Gasteiger partial charge in [0, 0.05) is 30.7 Å². The van der Waals surface area contributed by atoms with Crippen molar-refractivity contribution in [2.24, 2.45) is 0 Å². The molecule has 0 aliphatic carbocycles. The molecule has 0 saturated carbocycles. The lowest BCUT2D eigenvalue weighted by atomic mass is 10.1. The number of pyridine rings is 1. The van der Waals surface area contributed by atoms with Crippen molar-refractivity contribution in [2.45, 2.75) is 39.7 Å². The van der Waals surface area contributed by atoms with Crippen molar-refractivity contribution in [1.82, 2.24) is 15.0 Å². The lowest BCUT2D eigenvalue weighted by Gasteiger charge is -2.33. The Balaban J connectivity index is 1.68. The van der Waals surface area contributed by atoms with Crippen molar-refractivity contribution in [3.05, 3.63) is 47.2 Å². The fourth-order valence-corrected chi connectivity index (χ4v) is 2.99. The molecule has 1 atom stereocenters. The summed E-state index contributed by atoms with van der Waals surface area (Å²) >= 11 is 0. The lowest BCUT2D eigenvalue weighted by molar-refractivity contribution is 0.0268. The molecule has 1 saturated heterocycles. The first-order chi connectivity index (χ1) is 11.5. The highest BCUT2D eigenvalue weighted by Gasteiger charge is 2.25. The van der Waals surface area contributed by atoms with E-state index in [1.165, 1.54) is 0 Å². The van der Waals surface area contributed by atoms with Gasteiger partial charge in [-0.25, -0.2) is 14.8 Å². The van der Waals surface area contributed by atoms with Crippen LogP contribution in [0, 0.1) is 20.8 Å². The van der Waals surface area contributed by atoms with Crippen LogP contribution in [0.3, 0.4) is 0 Å². The van der Waals surface area contributed by atoms with Crippen LogP contribution in [0.4, 0.5) is 5.82 Å². The molecule has 0 radical (unpaired) electrons. The molecule has 3 heterocycles. The van der Waals surface area contributed by atoms with Gasteiger partial charge in [-0.1, -0.05) is 0 Å². The predicted molar refractivity (Wildman–Crippen MR) is 91.1 cm³/mol. The van der Waals surface area contributed by atoms with Crippen molar-refractivity contribution < 1.29 is 9.53 Å². The number of piperidine rings is 1. The van der Waals surface area contributed by atoms with E-state index in [9.17, 15) is 4.79 Å². The second kappa shape index (κ2) is 6.95. The number of nitrogens with zero attached hydrogens (tertiary/aromatic N) is 4. The quantitative estimate of drug-likeness (QED) is 0.808. The number of carbonyl (C=O) groups is 1. The Labute approximate surface area is 141 Å². The van der Waals surface area contributed by atoms with Gasteiger partial charge in [0.15, 0.2) is 0 Å². The molecular formula is C18H22N4O2. The molecule has 0 bridgehead atoms. The van der Waals surface area contributed by atoms with E-state index in [-0.39, 0.29) is 12.1 Å². The summed E-state index contributed by atoms with van der Waals surface area (Å²) in [5.74, 6) is 1.35. The summed E-state index contributed by atoms with van der Waals surface area (Å²) in [5.41, 5.74) is 2.39. The highest BCUT2D eigenvalue weighted by molar-refractivity contribution is 5.89. The molecule has 1 aliphatic rings. The Kier molecular flexibility index (Phi) is 4.74. The lowest BCUT2D eigenvalue weighted by Crippen LogP contribution is -2.41. The number of hydrogen-bond acceptors (Lipinski definition) is 6. The molecule has 2 aromatic rings. The fraction of sp³-hybridized carbons (Fsp3) is 0.444. The van der Waals surface area contributed by atoms with Gasteiger partial charge in [0.25, 0.3) is 0 Å². The first-order valence-corrected chi connectivity index (χ1v) is 8.21. The van der Waals surface area contributed by atoms with Gasteiger partial charge in [-0.3, -0.25) is 4.98 Å². The topological polar surface area (TPSA) is 68.2 Å². The number of anilines is 1. The maximum absolute atomic E-state index is 12.3. The minimum atomic E-state index is -0.312. The summed E-state index contributed by atoms with van der Waals surface area (Å²) in [6.45, 7) is 7.33. The van der Waals surface area contributed by atoms with Crippen LogP contribution < -0.4 is 4.90 Å². The van der Waals surface area contributed by atoms with Gasteiger partial charge in [0.1, 0.15) is 17.7 Å². The molecule has 2 aromatic heterocycles. The number of carbonyl (C=O) groups excluding carboxylic acids is 1. The zero-order valence-corrected chi connectivity index (χ0v) is 14.3. The zero-order valence-electron chi connectivity index (χ0n) is 14.3. The summed E-state index contributed by atoms with van der Waals surface area (Å²) < 4.78 is 5.68. The summed E-state index contributed by atoms with van der Waals surface area (Å²) in [7, 11) is 0. The van der Waals surface area contributed by atoms with E-state index in [2.05, 4.69) is 19.9 Å². The number of ether oxygens (including phenoxy) is 1. The van der Waals surface area contributed by atoms with Crippen molar-refractivity contribution in [2.75, 3.05) is 18.0 Å². The van der Waals surface area contributed by atoms with Gasteiger partial charge in [0.2, 0.25) is 0 Å². The van der Waals surface area contributed by atoms with Crippen LogP contribution in [0.2, 0.25) is 0 Å². The molecule has 0 unspecified atom stereocenters. The van der Waals surface area contributed by atoms with E-state index >= 15 is 0 Å². The molecule has 0 N–H and O–H groups in total. The van der Waals surface area contributed by atoms with Crippen LogP contribution in [-0.4, -0.2) is 40.1 Å². The molecular weight excluding hydrogens is 304 g/mol. The van der Waals surface area contributed by atoms with Crippen LogP contribution in [0.1, 0.15) is 40.3 Å². The number of aryl methyl sites for hydroxylation is 3. The van der Waals surface area contributed by atoms with E-state index in [4.69, 9.17) is 4.74 Å². The van der Waals surface area contributed by atoms with Gasteiger partial charge in [-0.05, 0) is 45.2 Å². The minimum Gasteiger partial charge on any atom is -0.457 e. The molecule has 6 nitrogen and oxygen atoms in total. The van der Waals surface area contributed by atoms with Crippen LogP contribution in [0.25, 0.3) is 0 Å². The number of hydrogen-bond donors (Lipinski definition) is 0. The highest BCUT2D eigenvalue weighted by Crippen LogP contribution is 2.21. The maximum Gasteiger partial charge on any atom is 0.340 e. The Hall–Kier alpha value is -2.50. The Morgan fingerprint density at radius 1 is 1.21 bits per heavy atom. The van der Waals surface area contributed by atoms with E-state index in [0.29, 0.717) is 12.1 Å². The summed E-state index contributed by atoms with van der Waals surface area (Å²) in [5, 5.41) is 0. The predicted octanol–water partition coefficient (Wildman–Crippen LogP) is 2.62. The standard InChI is InChI=1S/C18H22N4O2/c1-12-7-15(10-19-9-12)18(23)24-16-5-4-6-22(11-16)17-8-13(2)20-14(3)21-17/h7-10,16H,4-6,11H2,1-3H3/t16-/m0/s1. The van der Waals surface area contributed by atoms with Crippen LogP contribution in [-0.2, 0) is 4.74 Å². The highest BCUT2D eigenvalue weighted by atomic mass is 16.5. The molecule has 0 amide bonds. The number of esters is 1. The Bertz CT molecular complexity index is 727. The summed E-state index contributed by atoms with van der Waals surface area (Å²) in [6, 6.07) is 3.77. The largest absolute Gasteiger partial charge is 0.457 e. The second-order valence-corrected chi connectivity index (χ2v) is 6.28. The van der Waals surface area contributed by atoms with E-state index < -0.39 is 0 Å². The van der Waals surface area contributed by atoms with Crippen molar-refractivity contribution in [3.63, 3.8) is 0 Å². The van der Waals surface area contributed by atoms with Crippen LogP contribution >= 0.6 is 0 Å². The molecule has 1 fully saturated rings. The van der Waals surface area contributed by atoms with Crippen molar-refractivity contribution in [1.29, 1.82) is 0 Å². The van der Waals surface area contributed by atoms with Crippen molar-refractivity contribution in [3.8, 4) is 0 Å². The van der Waals surface area contributed by atoms with Gasteiger partial charge < -0.3 is 9.64 Å². The molecule has 0 spiro atoms. The van der Waals surface area contributed by atoms with Gasteiger partial charge in [0.05, 0.1) is 12.1 Å². The average molecular weight is 326 g/mol. The van der Waals surface area contributed by atoms with Gasteiger partial charge >= 0.3 is 5.97 Å². The minimum absolute atomic E-state index is 0.137. The zero-order chi connectivity index (χ0) is 17.1. The summed E-state index contributed by atoms with van der Waals surface area (Å²) in [4.78, 5) is 27.3. The smallest absolute Gasteiger partial charge is 0.340 e. The molecule has 3 rings (SSSR count). The van der Waals surface area contributed by atoms with E-state index in [1.54, 1.807) is 18.5 Å². The van der Waals surface area contributed by atoms with Gasteiger partial charge in [-0.15, -0.1) is 0 Å². The molecule has 0 aromatic carbocycles. The van der Waals surface area contributed by atoms with Crippen LogP contribution in [0.5, 0.6) is 0 Å². The number of aromatic nitrogens is 3. The second-order valence-electron chi connectivity index (χ2n) is 6.28. The SMILES string of the molecule is Cc1cncc(C(=O)O[C@H]2CCCN(c3cc(C)nc(C)n3)C2)c1. The average Bonchev–Trinajstić information content (AvgIpc) is 2.54. The first-order valence-electron chi connectivity index (χ1n) is 8.21. The third-order valence-electron chi connectivity index (χ3n) is 4.04. The summed E-state index contributed by atoms with van der Waals surface area (Å²) in [6.07, 6.45) is 4.96. The van der Waals surface area contributed by atoms with Crippen molar-refractivity contribution >= 4 is 11.8 Å². The normalized spacial score (nSPS) is 17.6.